The Morgan fingerprint density at radius 3 is 2.59 bits per heavy atom. The van der Waals surface area contributed by atoms with Gasteiger partial charge in [-0.1, -0.05) is 12.1 Å². The minimum absolute atomic E-state index is 0.0401. The highest BCUT2D eigenvalue weighted by atomic mass is 16.6. The van der Waals surface area contributed by atoms with Gasteiger partial charge >= 0.3 is 6.09 Å². The number of nitrogens with zero attached hydrogens (tertiary/aromatic N) is 4. The van der Waals surface area contributed by atoms with Crippen molar-refractivity contribution in [1.29, 1.82) is 0 Å². The summed E-state index contributed by atoms with van der Waals surface area (Å²) in [7, 11) is 0. The summed E-state index contributed by atoms with van der Waals surface area (Å²) in [5.41, 5.74) is 3.50. The number of amides is 2. The van der Waals surface area contributed by atoms with E-state index in [-0.39, 0.29) is 11.9 Å². The molecule has 0 atom stereocenters. The molecular formula is C27H25N5O5. The van der Waals surface area contributed by atoms with Gasteiger partial charge in [-0.25, -0.2) is 14.5 Å². The number of anilines is 2. The highest BCUT2D eigenvalue weighted by Crippen LogP contribution is 2.36. The van der Waals surface area contributed by atoms with Crippen molar-refractivity contribution in [3.63, 3.8) is 0 Å². The molecule has 37 heavy (non-hydrogen) atoms. The molecule has 2 aliphatic rings. The smallest absolute Gasteiger partial charge is 0.414 e. The first-order valence-electron chi connectivity index (χ1n) is 12.1. The van der Waals surface area contributed by atoms with E-state index in [1.165, 1.54) is 4.90 Å². The van der Waals surface area contributed by atoms with Gasteiger partial charge in [0.05, 0.1) is 40.8 Å². The van der Waals surface area contributed by atoms with Crippen molar-refractivity contribution < 1.29 is 23.8 Å². The molecule has 2 aliphatic heterocycles. The van der Waals surface area contributed by atoms with Crippen LogP contribution in [0.5, 0.6) is 11.5 Å². The lowest BCUT2D eigenvalue weighted by atomic mass is 10.1. The zero-order valence-corrected chi connectivity index (χ0v) is 20.4. The molecule has 10 nitrogen and oxygen atoms in total. The molecule has 0 bridgehead atoms. The van der Waals surface area contributed by atoms with Gasteiger partial charge in [0.15, 0.2) is 17.1 Å². The molecule has 0 radical (unpaired) electrons. The van der Waals surface area contributed by atoms with E-state index in [0.29, 0.717) is 71.5 Å². The third kappa shape index (κ3) is 4.10. The predicted octanol–water partition coefficient (Wildman–Crippen LogP) is 4.66. The number of aromatic nitrogens is 3. The average molecular weight is 500 g/mol. The minimum Gasteiger partial charge on any atom is -0.486 e. The SMILES string of the molecule is CC(C)n1ncc2c(C(=O)Nc3ccccc3N3CCOC3=O)cc(-c3ccc4c(c3)OCCO4)nc21. The van der Waals surface area contributed by atoms with E-state index in [9.17, 15) is 9.59 Å². The van der Waals surface area contributed by atoms with Gasteiger partial charge in [-0.05, 0) is 50.2 Å². The fraction of sp³-hybridized carbons (Fsp3) is 0.259. The Morgan fingerprint density at radius 2 is 1.81 bits per heavy atom. The Hall–Kier alpha value is -4.60. The molecule has 0 spiro atoms. The van der Waals surface area contributed by atoms with Gasteiger partial charge in [0, 0.05) is 11.6 Å². The number of hydrogen-bond acceptors (Lipinski definition) is 7. The van der Waals surface area contributed by atoms with E-state index in [1.54, 1.807) is 35.1 Å². The molecule has 1 N–H and O–H groups in total. The number of pyridine rings is 1. The molecule has 1 fully saturated rings. The summed E-state index contributed by atoms with van der Waals surface area (Å²) in [6.45, 7) is 5.72. The summed E-state index contributed by atoms with van der Waals surface area (Å²) in [5.74, 6) is 0.980. The van der Waals surface area contributed by atoms with Crippen LogP contribution in [-0.2, 0) is 4.74 Å². The Morgan fingerprint density at radius 1 is 1.00 bits per heavy atom. The summed E-state index contributed by atoms with van der Waals surface area (Å²) in [6.07, 6.45) is 1.22. The minimum atomic E-state index is -0.438. The Bertz CT molecular complexity index is 1530. The van der Waals surface area contributed by atoms with E-state index in [1.807, 2.05) is 38.1 Å². The summed E-state index contributed by atoms with van der Waals surface area (Å²) < 4.78 is 18.3. The van der Waals surface area contributed by atoms with E-state index in [2.05, 4.69) is 10.4 Å². The number of rotatable bonds is 5. The van der Waals surface area contributed by atoms with Gasteiger partial charge in [-0.15, -0.1) is 0 Å². The molecule has 2 aromatic carbocycles. The Kier molecular flexibility index (Phi) is 5.63. The summed E-state index contributed by atoms with van der Waals surface area (Å²) in [6, 6.07) is 14.6. The van der Waals surface area contributed by atoms with Crippen molar-refractivity contribution in [1.82, 2.24) is 14.8 Å². The number of para-hydroxylation sites is 2. The number of nitrogens with one attached hydrogen (secondary N) is 1. The Balaban J connectivity index is 1.43. The molecule has 0 saturated carbocycles. The van der Waals surface area contributed by atoms with Crippen LogP contribution in [0.4, 0.5) is 16.2 Å². The zero-order chi connectivity index (χ0) is 25.5. The van der Waals surface area contributed by atoms with Crippen molar-refractivity contribution >= 4 is 34.4 Å². The summed E-state index contributed by atoms with van der Waals surface area (Å²) >= 11 is 0. The highest BCUT2D eigenvalue weighted by molar-refractivity contribution is 6.14. The molecule has 188 valence electrons. The average Bonchev–Trinajstić information content (AvgIpc) is 3.54. The second-order valence-electron chi connectivity index (χ2n) is 9.07. The molecular weight excluding hydrogens is 474 g/mol. The maximum absolute atomic E-state index is 13.7. The first kappa shape index (κ1) is 22.8. The second kappa shape index (κ2) is 9.12. The molecule has 2 amide bonds. The van der Waals surface area contributed by atoms with Crippen LogP contribution in [-0.4, -0.2) is 53.1 Å². The van der Waals surface area contributed by atoms with Crippen LogP contribution in [0.1, 0.15) is 30.2 Å². The molecule has 0 unspecified atom stereocenters. The van der Waals surface area contributed by atoms with E-state index in [4.69, 9.17) is 19.2 Å². The number of hydrogen-bond donors (Lipinski definition) is 1. The van der Waals surface area contributed by atoms with Gasteiger partial charge in [0.25, 0.3) is 5.91 Å². The van der Waals surface area contributed by atoms with E-state index >= 15 is 0 Å². The largest absolute Gasteiger partial charge is 0.486 e. The standard InChI is InChI=1S/C27H25N5O5/c1-16(2)32-25-19(15-28-32)18(14-21(29-25)17-7-8-23-24(13-17)36-12-11-35-23)26(33)30-20-5-3-4-6-22(20)31-9-10-37-27(31)34/h3-8,13-16H,9-12H2,1-2H3,(H,30,33). The topological polar surface area (TPSA) is 108 Å². The number of carbonyl (C=O) groups excluding carboxylic acids is 2. The van der Waals surface area contributed by atoms with Crippen LogP contribution in [0.15, 0.2) is 54.7 Å². The Labute approximate surface area is 212 Å². The quantitative estimate of drug-likeness (QED) is 0.426. The van der Waals surface area contributed by atoms with Crippen molar-refractivity contribution in [3.05, 3.63) is 60.3 Å². The van der Waals surface area contributed by atoms with E-state index < -0.39 is 6.09 Å². The fourth-order valence-electron chi connectivity index (χ4n) is 4.55. The maximum atomic E-state index is 13.7. The van der Waals surface area contributed by atoms with Gasteiger partial charge in [-0.3, -0.25) is 9.69 Å². The van der Waals surface area contributed by atoms with Crippen LogP contribution in [0.3, 0.4) is 0 Å². The molecule has 10 heteroatoms. The van der Waals surface area contributed by atoms with Gasteiger partial charge in [0.2, 0.25) is 0 Å². The monoisotopic (exact) mass is 499 g/mol. The second-order valence-corrected chi connectivity index (χ2v) is 9.07. The van der Waals surface area contributed by atoms with Crippen LogP contribution >= 0.6 is 0 Å². The highest BCUT2D eigenvalue weighted by Gasteiger charge is 2.27. The van der Waals surface area contributed by atoms with Crippen LogP contribution in [0.2, 0.25) is 0 Å². The van der Waals surface area contributed by atoms with Crippen LogP contribution < -0.4 is 19.7 Å². The lowest BCUT2D eigenvalue weighted by Gasteiger charge is -2.19. The molecule has 4 heterocycles. The van der Waals surface area contributed by atoms with E-state index in [0.717, 1.165) is 5.56 Å². The van der Waals surface area contributed by atoms with Crippen LogP contribution in [0.25, 0.3) is 22.3 Å². The van der Waals surface area contributed by atoms with Crippen molar-refractivity contribution in [2.45, 2.75) is 19.9 Å². The zero-order valence-electron chi connectivity index (χ0n) is 20.4. The number of cyclic esters (lactones) is 1. The number of ether oxygens (including phenoxy) is 3. The number of benzene rings is 2. The lowest BCUT2D eigenvalue weighted by Crippen LogP contribution is -2.25. The predicted molar refractivity (Wildman–Crippen MR) is 137 cm³/mol. The summed E-state index contributed by atoms with van der Waals surface area (Å²) in [4.78, 5) is 32.3. The number of carbonyl (C=O) groups is 2. The van der Waals surface area contributed by atoms with Gasteiger partial charge < -0.3 is 19.5 Å². The first-order valence-corrected chi connectivity index (χ1v) is 12.1. The van der Waals surface area contributed by atoms with Crippen molar-refractivity contribution in [2.75, 3.05) is 36.6 Å². The molecule has 6 rings (SSSR count). The summed E-state index contributed by atoms with van der Waals surface area (Å²) in [5, 5.41) is 8.12. The number of fused-ring (bicyclic) bond motifs is 2. The third-order valence-electron chi connectivity index (χ3n) is 6.34. The fourth-order valence-corrected chi connectivity index (χ4v) is 4.55. The molecule has 1 saturated heterocycles. The van der Waals surface area contributed by atoms with Crippen molar-refractivity contribution in [3.8, 4) is 22.8 Å². The van der Waals surface area contributed by atoms with Gasteiger partial charge in [-0.2, -0.15) is 5.10 Å². The maximum Gasteiger partial charge on any atom is 0.414 e. The van der Waals surface area contributed by atoms with Crippen LogP contribution in [0, 0.1) is 0 Å². The lowest BCUT2D eigenvalue weighted by molar-refractivity contribution is 0.102. The molecule has 4 aromatic rings. The molecule has 2 aromatic heterocycles. The van der Waals surface area contributed by atoms with Crippen molar-refractivity contribution in [2.24, 2.45) is 0 Å². The third-order valence-corrected chi connectivity index (χ3v) is 6.34. The van der Waals surface area contributed by atoms with Gasteiger partial charge in [0.1, 0.15) is 19.8 Å². The molecule has 0 aliphatic carbocycles. The normalized spacial score (nSPS) is 14.8. The first-order chi connectivity index (χ1) is 18.0.